The van der Waals surface area contributed by atoms with Crippen molar-refractivity contribution in [2.45, 2.75) is 51.2 Å². The molecule has 0 unspecified atom stereocenters. The summed E-state index contributed by atoms with van der Waals surface area (Å²) in [5, 5.41) is 2.85. The number of hydrogen-bond acceptors (Lipinski definition) is 6. The molecule has 0 aromatic heterocycles. The molecule has 9 nitrogen and oxygen atoms in total. The lowest BCUT2D eigenvalue weighted by molar-refractivity contribution is -0.139. The molecule has 1 N–H and O–H groups in total. The summed E-state index contributed by atoms with van der Waals surface area (Å²) in [5.41, 5.74) is 2.01. The summed E-state index contributed by atoms with van der Waals surface area (Å²) in [7, 11) is -1.26. The quantitative estimate of drug-likeness (QED) is 0.353. The van der Waals surface area contributed by atoms with E-state index in [1.807, 2.05) is 45.0 Å². The molecule has 3 aromatic carbocycles. The zero-order valence-electron chi connectivity index (χ0n) is 23.7. The van der Waals surface area contributed by atoms with Gasteiger partial charge in [-0.25, -0.2) is 8.42 Å². The van der Waals surface area contributed by atoms with Crippen molar-refractivity contribution in [2.75, 3.05) is 25.1 Å². The molecular weight excluding hydrogens is 530 g/mol. The van der Waals surface area contributed by atoms with E-state index in [0.29, 0.717) is 11.5 Å². The van der Waals surface area contributed by atoms with Crippen molar-refractivity contribution in [3.63, 3.8) is 0 Å². The highest BCUT2D eigenvalue weighted by molar-refractivity contribution is 7.92. The lowest BCUT2D eigenvalue weighted by atomic mass is 10.1. The van der Waals surface area contributed by atoms with Crippen molar-refractivity contribution in [1.29, 1.82) is 0 Å². The number of carbonyl (C=O) groups is 2. The summed E-state index contributed by atoms with van der Waals surface area (Å²) in [4.78, 5) is 28.5. The highest BCUT2D eigenvalue weighted by Crippen LogP contribution is 2.34. The van der Waals surface area contributed by atoms with Crippen LogP contribution in [0.1, 0.15) is 31.9 Å². The summed E-state index contributed by atoms with van der Waals surface area (Å²) in [5.74, 6) is -0.151. The molecule has 0 aliphatic heterocycles. The number of nitrogens with zero attached hydrogens (tertiary/aromatic N) is 2. The Morgan fingerprint density at radius 3 is 2.10 bits per heavy atom. The molecule has 0 radical (unpaired) electrons. The van der Waals surface area contributed by atoms with Gasteiger partial charge in [0.2, 0.25) is 11.8 Å². The van der Waals surface area contributed by atoms with E-state index in [0.717, 1.165) is 15.4 Å². The third-order valence-corrected chi connectivity index (χ3v) is 8.25. The minimum Gasteiger partial charge on any atom is -0.493 e. The summed E-state index contributed by atoms with van der Waals surface area (Å²) >= 11 is 0. The number of nitrogens with one attached hydrogen (secondary N) is 1. The molecule has 0 aliphatic rings. The van der Waals surface area contributed by atoms with Gasteiger partial charge in [0.1, 0.15) is 12.6 Å². The molecule has 2 amide bonds. The van der Waals surface area contributed by atoms with Gasteiger partial charge in [-0.1, -0.05) is 42.5 Å². The topological polar surface area (TPSA) is 105 Å². The Morgan fingerprint density at radius 2 is 1.50 bits per heavy atom. The molecular formula is C30H37N3O6S. The van der Waals surface area contributed by atoms with Crippen molar-refractivity contribution < 1.29 is 27.5 Å². The third-order valence-electron chi connectivity index (χ3n) is 6.47. The minimum absolute atomic E-state index is 0.0219. The largest absolute Gasteiger partial charge is 0.493 e. The highest BCUT2D eigenvalue weighted by atomic mass is 32.2. The average Bonchev–Trinajstić information content (AvgIpc) is 2.94. The molecule has 3 rings (SSSR count). The predicted octanol–water partition coefficient (Wildman–Crippen LogP) is 4.15. The zero-order valence-corrected chi connectivity index (χ0v) is 24.6. The fourth-order valence-corrected chi connectivity index (χ4v) is 5.61. The number of aryl methyl sites for hydroxylation is 1. The number of amides is 2. The van der Waals surface area contributed by atoms with Gasteiger partial charge in [-0.05, 0) is 63.1 Å². The molecule has 0 heterocycles. The Labute approximate surface area is 236 Å². The van der Waals surface area contributed by atoms with Crippen LogP contribution in [0.25, 0.3) is 0 Å². The first kappa shape index (κ1) is 30.5. The monoisotopic (exact) mass is 567 g/mol. The van der Waals surface area contributed by atoms with Crippen molar-refractivity contribution in [1.82, 2.24) is 10.2 Å². The molecule has 0 spiro atoms. The summed E-state index contributed by atoms with van der Waals surface area (Å²) in [6.45, 7) is 6.82. The molecule has 3 aromatic rings. The second-order valence-electron chi connectivity index (χ2n) is 9.65. The number of sulfonamides is 1. The van der Waals surface area contributed by atoms with Crippen LogP contribution in [0.2, 0.25) is 0 Å². The Balaban J connectivity index is 2.09. The Bertz CT molecular complexity index is 1430. The van der Waals surface area contributed by atoms with E-state index in [-0.39, 0.29) is 29.1 Å². The maximum Gasteiger partial charge on any atom is 0.264 e. The maximum absolute atomic E-state index is 14.0. The van der Waals surface area contributed by atoms with Crippen LogP contribution in [0.3, 0.4) is 0 Å². The van der Waals surface area contributed by atoms with E-state index in [4.69, 9.17) is 9.47 Å². The standard InChI is InChI=1S/C30H37N3O6S/c1-21(2)31-30(35)23(4)32(19-24-13-11-10-12-22(24)3)29(34)20-33(40(36,37)26-14-8-7-9-15-26)25-16-17-27(38-5)28(18-25)39-6/h7-18,21,23H,19-20H2,1-6H3,(H,31,35)/t23-/m1/s1. The number of benzene rings is 3. The summed E-state index contributed by atoms with van der Waals surface area (Å²) in [6.07, 6.45) is 0. The SMILES string of the molecule is COc1ccc(N(CC(=O)N(Cc2ccccc2C)[C@H](C)C(=O)NC(C)C)S(=O)(=O)c2ccccc2)cc1OC. The molecule has 0 saturated heterocycles. The molecule has 214 valence electrons. The van der Waals surface area contributed by atoms with Gasteiger partial charge in [0.05, 0.1) is 24.8 Å². The first-order valence-electron chi connectivity index (χ1n) is 12.9. The van der Waals surface area contributed by atoms with Crippen LogP contribution >= 0.6 is 0 Å². The van der Waals surface area contributed by atoms with Crippen LogP contribution in [0.4, 0.5) is 5.69 Å². The number of anilines is 1. The summed E-state index contributed by atoms with van der Waals surface area (Å²) < 4.78 is 39.6. The minimum atomic E-state index is -4.18. The van der Waals surface area contributed by atoms with Gasteiger partial charge in [-0.2, -0.15) is 0 Å². The molecule has 0 bridgehead atoms. The average molecular weight is 568 g/mol. The summed E-state index contributed by atoms with van der Waals surface area (Å²) in [6, 6.07) is 19.1. The Hall–Kier alpha value is -4.05. The normalized spacial score (nSPS) is 12.0. The second kappa shape index (κ2) is 13.3. The first-order valence-corrected chi connectivity index (χ1v) is 14.4. The second-order valence-corrected chi connectivity index (χ2v) is 11.5. The molecule has 0 saturated carbocycles. The van der Waals surface area contributed by atoms with E-state index in [2.05, 4.69) is 5.32 Å². The van der Waals surface area contributed by atoms with Gasteiger partial charge in [-0.15, -0.1) is 0 Å². The smallest absolute Gasteiger partial charge is 0.264 e. The van der Waals surface area contributed by atoms with Gasteiger partial charge in [0, 0.05) is 18.7 Å². The third kappa shape index (κ3) is 7.12. The fourth-order valence-electron chi connectivity index (χ4n) is 4.19. The Kier molecular flexibility index (Phi) is 10.2. The molecule has 40 heavy (non-hydrogen) atoms. The van der Waals surface area contributed by atoms with Gasteiger partial charge in [0.25, 0.3) is 10.0 Å². The van der Waals surface area contributed by atoms with E-state index < -0.39 is 28.5 Å². The number of hydrogen-bond donors (Lipinski definition) is 1. The molecule has 1 atom stereocenters. The molecule has 0 fully saturated rings. The van der Waals surface area contributed by atoms with Gasteiger partial charge >= 0.3 is 0 Å². The van der Waals surface area contributed by atoms with E-state index in [1.54, 1.807) is 37.3 Å². The van der Waals surface area contributed by atoms with Crippen LogP contribution in [0.5, 0.6) is 11.5 Å². The van der Waals surface area contributed by atoms with Crippen LogP contribution in [0.15, 0.2) is 77.7 Å². The van der Waals surface area contributed by atoms with Crippen LogP contribution in [-0.4, -0.2) is 58.0 Å². The molecule has 0 aliphatic carbocycles. The number of ether oxygens (including phenoxy) is 2. The highest BCUT2D eigenvalue weighted by Gasteiger charge is 2.33. The van der Waals surface area contributed by atoms with E-state index in [1.165, 1.54) is 37.3 Å². The number of rotatable bonds is 12. The molecule has 10 heteroatoms. The lowest BCUT2D eigenvalue weighted by Gasteiger charge is -2.32. The van der Waals surface area contributed by atoms with Gasteiger partial charge in [0.15, 0.2) is 11.5 Å². The van der Waals surface area contributed by atoms with Crippen molar-refractivity contribution in [3.05, 3.63) is 83.9 Å². The van der Waals surface area contributed by atoms with Crippen LogP contribution < -0.4 is 19.1 Å². The maximum atomic E-state index is 14.0. The van der Waals surface area contributed by atoms with Gasteiger partial charge in [-0.3, -0.25) is 13.9 Å². The van der Waals surface area contributed by atoms with Crippen molar-refractivity contribution in [2.24, 2.45) is 0 Å². The van der Waals surface area contributed by atoms with Crippen molar-refractivity contribution >= 4 is 27.5 Å². The lowest BCUT2D eigenvalue weighted by Crippen LogP contribution is -2.52. The number of methoxy groups -OCH3 is 2. The van der Waals surface area contributed by atoms with E-state index in [9.17, 15) is 18.0 Å². The van der Waals surface area contributed by atoms with Crippen LogP contribution in [0, 0.1) is 6.92 Å². The number of carbonyl (C=O) groups excluding carboxylic acids is 2. The van der Waals surface area contributed by atoms with E-state index >= 15 is 0 Å². The Morgan fingerprint density at radius 1 is 0.875 bits per heavy atom. The fraction of sp³-hybridized carbons (Fsp3) is 0.333. The first-order chi connectivity index (χ1) is 19.0. The van der Waals surface area contributed by atoms with Crippen LogP contribution in [-0.2, 0) is 26.2 Å². The predicted molar refractivity (Wildman–Crippen MR) is 155 cm³/mol. The van der Waals surface area contributed by atoms with Gasteiger partial charge < -0.3 is 19.7 Å². The zero-order chi connectivity index (χ0) is 29.4. The van der Waals surface area contributed by atoms with Crippen molar-refractivity contribution in [3.8, 4) is 11.5 Å².